The molecular formula is C16H18Cl2N2O. The number of hydrogen-bond donors (Lipinski definition) is 1. The highest BCUT2D eigenvalue weighted by atomic mass is 35.5. The van der Waals surface area contributed by atoms with Crippen molar-refractivity contribution in [1.29, 1.82) is 0 Å². The lowest BCUT2D eigenvalue weighted by molar-refractivity contribution is 0.460. The van der Waals surface area contributed by atoms with Crippen LogP contribution in [0.5, 0.6) is 11.6 Å². The van der Waals surface area contributed by atoms with Crippen molar-refractivity contribution >= 4 is 23.2 Å². The van der Waals surface area contributed by atoms with Gasteiger partial charge in [-0.3, -0.25) is 0 Å². The summed E-state index contributed by atoms with van der Waals surface area (Å²) >= 11 is 12.1. The summed E-state index contributed by atoms with van der Waals surface area (Å²) in [5, 5.41) is 4.22. The minimum atomic E-state index is 0.393. The van der Waals surface area contributed by atoms with Gasteiger partial charge in [-0.25, -0.2) is 4.98 Å². The van der Waals surface area contributed by atoms with Crippen LogP contribution in [0.4, 0.5) is 0 Å². The highest BCUT2D eigenvalue weighted by Crippen LogP contribution is 2.34. The lowest BCUT2D eigenvalue weighted by Gasteiger charge is -2.12. The van der Waals surface area contributed by atoms with Gasteiger partial charge in [0.15, 0.2) is 0 Å². The van der Waals surface area contributed by atoms with Crippen molar-refractivity contribution in [2.24, 2.45) is 0 Å². The second-order valence-electron chi connectivity index (χ2n) is 5.14. The van der Waals surface area contributed by atoms with E-state index in [4.69, 9.17) is 27.9 Å². The van der Waals surface area contributed by atoms with Gasteiger partial charge in [-0.2, -0.15) is 0 Å². The van der Waals surface area contributed by atoms with E-state index in [1.54, 1.807) is 18.2 Å². The van der Waals surface area contributed by atoms with Crippen LogP contribution in [0.25, 0.3) is 0 Å². The molecule has 1 aromatic heterocycles. The fourth-order valence-electron chi connectivity index (χ4n) is 1.86. The molecule has 0 aliphatic heterocycles. The molecule has 0 radical (unpaired) electrons. The second-order valence-corrected chi connectivity index (χ2v) is 5.93. The molecule has 2 aromatic rings. The Labute approximate surface area is 135 Å². The molecule has 3 nitrogen and oxygen atoms in total. The van der Waals surface area contributed by atoms with E-state index in [0.29, 0.717) is 27.7 Å². The monoisotopic (exact) mass is 324 g/mol. The zero-order chi connectivity index (χ0) is 15.4. The van der Waals surface area contributed by atoms with Gasteiger partial charge in [-0.1, -0.05) is 43.1 Å². The minimum Gasteiger partial charge on any atom is -0.437 e. The Hall–Kier alpha value is -1.29. The summed E-state index contributed by atoms with van der Waals surface area (Å²) in [5.74, 6) is 1.02. The molecule has 0 atom stereocenters. The third kappa shape index (κ3) is 4.60. The molecule has 1 aromatic carbocycles. The quantitative estimate of drug-likeness (QED) is 0.841. The van der Waals surface area contributed by atoms with E-state index in [9.17, 15) is 0 Å². The van der Waals surface area contributed by atoms with Gasteiger partial charge in [0.05, 0.1) is 5.02 Å². The molecule has 0 fully saturated rings. The molecule has 0 aliphatic carbocycles. The molecule has 1 N–H and O–H groups in total. The van der Waals surface area contributed by atoms with E-state index >= 15 is 0 Å². The lowest BCUT2D eigenvalue weighted by Crippen LogP contribution is -2.21. The fourth-order valence-corrected chi connectivity index (χ4v) is 2.19. The minimum absolute atomic E-state index is 0.393. The largest absolute Gasteiger partial charge is 0.437 e. The number of ether oxygens (including phenoxy) is 1. The van der Waals surface area contributed by atoms with Gasteiger partial charge in [-0.05, 0) is 30.7 Å². The van der Waals surface area contributed by atoms with Gasteiger partial charge in [0.25, 0.3) is 0 Å². The summed E-state index contributed by atoms with van der Waals surface area (Å²) in [4.78, 5) is 4.38. The topological polar surface area (TPSA) is 34.1 Å². The van der Waals surface area contributed by atoms with Gasteiger partial charge in [0.1, 0.15) is 10.8 Å². The average Bonchev–Trinajstić information content (AvgIpc) is 2.41. The number of nitrogens with zero attached hydrogens (tertiary/aromatic N) is 1. The van der Waals surface area contributed by atoms with E-state index < -0.39 is 0 Å². The first-order valence-corrected chi connectivity index (χ1v) is 7.54. The van der Waals surface area contributed by atoms with Crippen LogP contribution < -0.4 is 10.1 Å². The molecule has 0 spiro atoms. The molecule has 21 heavy (non-hydrogen) atoms. The summed E-state index contributed by atoms with van der Waals surface area (Å²) in [5.41, 5.74) is 2.01. The first-order chi connectivity index (χ1) is 9.95. The van der Waals surface area contributed by atoms with Crippen LogP contribution in [0.15, 0.2) is 30.3 Å². The van der Waals surface area contributed by atoms with Crippen molar-refractivity contribution in [2.45, 2.75) is 33.4 Å². The molecular weight excluding hydrogens is 307 g/mol. The molecule has 0 unspecified atom stereocenters. The molecule has 112 valence electrons. The van der Waals surface area contributed by atoms with Crippen LogP contribution in [-0.2, 0) is 6.54 Å². The molecule has 0 bridgehead atoms. The number of aromatic nitrogens is 1. The Bertz CT molecular complexity index is 630. The van der Waals surface area contributed by atoms with E-state index in [0.717, 1.165) is 17.8 Å². The molecule has 2 rings (SSSR count). The number of pyridine rings is 1. The van der Waals surface area contributed by atoms with Crippen molar-refractivity contribution in [3.8, 4) is 11.6 Å². The first kappa shape index (κ1) is 16.1. The molecule has 1 heterocycles. The molecule has 0 saturated heterocycles. The van der Waals surface area contributed by atoms with E-state index in [1.165, 1.54) is 0 Å². The van der Waals surface area contributed by atoms with Gasteiger partial charge in [0.2, 0.25) is 5.88 Å². The zero-order valence-corrected chi connectivity index (χ0v) is 13.8. The average molecular weight is 325 g/mol. The smallest absolute Gasteiger partial charge is 0.219 e. The van der Waals surface area contributed by atoms with Gasteiger partial charge >= 0.3 is 0 Å². The van der Waals surface area contributed by atoms with E-state index in [1.807, 2.05) is 19.1 Å². The Morgan fingerprint density at radius 3 is 2.71 bits per heavy atom. The lowest BCUT2D eigenvalue weighted by atomic mass is 10.2. The maximum Gasteiger partial charge on any atom is 0.219 e. The third-order valence-electron chi connectivity index (χ3n) is 2.83. The normalized spacial score (nSPS) is 11.0. The second kappa shape index (κ2) is 7.12. The summed E-state index contributed by atoms with van der Waals surface area (Å²) in [6.45, 7) is 6.92. The highest BCUT2D eigenvalue weighted by molar-refractivity contribution is 6.42. The van der Waals surface area contributed by atoms with Crippen molar-refractivity contribution in [3.05, 3.63) is 51.6 Å². The highest BCUT2D eigenvalue weighted by Gasteiger charge is 2.09. The standard InChI is InChI=1S/C16H18Cl2N2O/c1-10(2)19-9-12-7-11(3)20-15(8-12)21-14-6-4-5-13(17)16(14)18/h4-8,10,19H,9H2,1-3H3. The van der Waals surface area contributed by atoms with Gasteiger partial charge in [0, 0.05) is 24.3 Å². The fraction of sp³-hybridized carbons (Fsp3) is 0.312. The molecule has 5 heteroatoms. The summed E-state index contributed by atoms with van der Waals surface area (Å²) < 4.78 is 5.76. The Morgan fingerprint density at radius 2 is 2.00 bits per heavy atom. The van der Waals surface area contributed by atoms with E-state index in [2.05, 4.69) is 24.1 Å². The molecule has 0 amide bonds. The van der Waals surface area contributed by atoms with Crippen molar-refractivity contribution in [1.82, 2.24) is 10.3 Å². The van der Waals surface area contributed by atoms with Crippen LogP contribution in [0, 0.1) is 6.92 Å². The van der Waals surface area contributed by atoms with Crippen LogP contribution in [-0.4, -0.2) is 11.0 Å². The summed E-state index contributed by atoms with van der Waals surface area (Å²) in [6.07, 6.45) is 0. The van der Waals surface area contributed by atoms with Gasteiger partial charge < -0.3 is 10.1 Å². The number of hydrogen-bond acceptors (Lipinski definition) is 3. The van der Waals surface area contributed by atoms with Crippen molar-refractivity contribution < 1.29 is 4.74 Å². The number of aryl methyl sites for hydroxylation is 1. The maximum absolute atomic E-state index is 6.13. The van der Waals surface area contributed by atoms with Crippen molar-refractivity contribution in [3.63, 3.8) is 0 Å². The van der Waals surface area contributed by atoms with Crippen LogP contribution in [0.1, 0.15) is 25.1 Å². The SMILES string of the molecule is Cc1cc(CNC(C)C)cc(Oc2cccc(Cl)c2Cl)n1. The maximum atomic E-state index is 6.13. The van der Waals surface area contributed by atoms with Crippen LogP contribution in [0.3, 0.4) is 0 Å². The van der Waals surface area contributed by atoms with Crippen molar-refractivity contribution in [2.75, 3.05) is 0 Å². The number of rotatable bonds is 5. The van der Waals surface area contributed by atoms with E-state index in [-0.39, 0.29) is 0 Å². The van der Waals surface area contributed by atoms with Crippen LogP contribution >= 0.6 is 23.2 Å². The predicted molar refractivity (Wildman–Crippen MR) is 87.5 cm³/mol. The Balaban J connectivity index is 2.21. The van der Waals surface area contributed by atoms with Gasteiger partial charge in [-0.15, -0.1) is 0 Å². The predicted octanol–water partition coefficient (Wildman–Crippen LogP) is 4.99. The van der Waals surface area contributed by atoms with Crippen LogP contribution in [0.2, 0.25) is 10.0 Å². The Morgan fingerprint density at radius 1 is 1.24 bits per heavy atom. The Kier molecular flexibility index (Phi) is 5.45. The summed E-state index contributed by atoms with van der Waals surface area (Å²) in [7, 11) is 0. The zero-order valence-electron chi connectivity index (χ0n) is 12.3. The number of halogens is 2. The number of benzene rings is 1. The number of nitrogens with one attached hydrogen (secondary N) is 1. The first-order valence-electron chi connectivity index (χ1n) is 6.78. The summed E-state index contributed by atoms with van der Waals surface area (Å²) in [6, 6.07) is 9.63. The molecule has 0 aliphatic rings. The molecule has 0 saturated carbocycles. The third-order valence-corrected chi connectivity index (χ3v) is 3.64.